The summed E-state index contributed by atoms with van der Waals surface area (Å²) in [5, 5.41) is 10.2. The highest BCUT2D eigenvalue weighted by molar-refractivity contribution is 5.29. The summed E-state index contributed by atoms with van der Waals surface area (Å²) in [7, 11) is 3.38. The molecule has 1 N–H and O–H groups in total. The lowest BCUT2D eigenvalue weighted by Gasteiger charge is -2.20. The van der Waals surface area contributed by atoms with E-state index in [1.807, 2.05) is 24.3 Å². The van der Waals surface area contributed by atoms with E-state index in [9.17, 15) is 5.11 Å². The van der Waals surface area contributed by atoms with Crippen LogP contribution in [0.2, 0.25) is 0 Å². The van der Waals surface area contributed by atoms with Gasteiger partial charge in [0.25, 0.3) is 0 Å². The van der Waals surface area contributed by atoms with Crippen molar-refractivity contribution in [2.45, 2.75) is 18.6 Å². The second-order valence-electron chi connectivity index (χ2n) is 4.70. The van der Waals surface area contributed by atoms with Gasteiger partial charge in [-0.05, 0) is 24.1 Å². The molecule has 0 radical (unpaired) electrons. The van der Waals surface area contributed by atoms with Crippen LogP contribution in [0.4, 0.5) is 0 Å². The van der Waals surface area contributed by atoms with Gasteiger partial charge in [-0.15, -0.1) is 0 Å². The Morgan fingerprint density at radius 3 is 2.94 bits per heavy atom. The molecule has 18 heavy (non-hydrogen) atoms. The minimum atomic E-state index is -0.476. The van der Waals surface area contributed by atoms with Crippen molar-refractivity contribution in [2.24, 2.45) is 0 Å². The minimum absolute atomic E-state index is 0.308. The van der Waals surface area contributed by atoms with Gasteiger partial charge >= 0.3 is 0 Å². The Hall–Kier alpha value is -1.10. The molecule has 2 atom stereocenters. The molecule has 2 rings (SSSR count). The second-order valence-corrected chi connectivity index (χ2v) is 4.70. The Morgan fingerprint density at radius 1 is 1.44 bits per heavy atom. The largest absolute Gasteiger partial charge is 0.497 e. The first kappa shape index (κ1) is 13.3. The van der Waals surface area contributed by atoms with Gasteiger partial charge in [-0.2, -0.15) is 0 Å². The Kier molecular flexibility index (Phi) is 4.58. The van der Waals surface area contributed by atoms with E-state index < -0.39 is 6.10 Å². The van der Waals surface area contributed by atoms with Crippen LogP contribution in [0.15, 0.2) is 24.3 Å². The summed E-state index contributed by atoms with van der Waals surface area (Å²) in [6.45, 7) is 2.53. The van der Waals surface area contributed by atoms with Crippen molar-refractivity contribution < 1.29 is 14.6 Å². The van der Waals surface area contributed by atoms with Gasteiger partial charge in [0.15, 0.2) is 0 Å². The van der Waals surface area contributed by atoms with E-state index in [-0.39, 0.29) is 0 Å². The van der Waals surface area contributed by atoms with Crippen molar-refractivity contribution in [3.8, 4) is 5.75 Å². The van der Waals surface area contributed by atoms with Gasteiger partial charge in [0.05, 0.1) is 19.3 Å². The Bertz CT molecular complexity index is 383. The summed E-state index contributed by atoms with van der Waals surface area (Å²) in [6.07, 6.45) is 0.875. The molecule has 4 heteroatoms. The normalized spacial score (nSPS) is 22.1. The molecule has 0 aromatic heterocycles. The first-order chi connectivity index (χ1) is 8.72. The van der Waals surface area contributed by atoms with Crippen molar-refractivity contribution in [3.63, 3.8) is 0 Å². The number of hydrogen-bond acceptors (Lipinski definition) is 4. The lowest BCUT2D eigenvalue weighted by molar-refractivity contribution is 0.0897. The third kappa shape index (κ3) is 3.22. The summed E-state index contributed by atoms with van der Waals surface area (Å²) in [6, 6.07) is 7.60. The molecule has 0 spiro atoms. The zero-order valence-electron chi connectivity index (χ0n) is 11.0. The molecule has 1 saturated heterocycles. The van der Waals surface area contributed by atoms with Crippen LogP contribution in [0.1, 0.15) is 18.1 Å². The molecule has 0 bridgehead atoms. The molecule has 0 amide bonds. The van der Waals surface area contributed by atoms with Gasteiger partial charge in [-0.25, -0.2) is 0 Å². The number of nitrogens with zero attached hydrogens (tertiary/aromatic N) is 1. The van der Waals surface area contributed by atoms with E-state index in [0.29, 0.717) is 12.6 Å². The molecular formula is C14H21NO3. The Balaban J connectivity index is 1.93. The minimum Gasteiger partial charge on any atom is -0.497 e. The van der Waals surface area contributed by atoms with Crippen LogP contribution in [0.25, 0.3) is 0 Å². The van der Waals surface area contributed by atoms with Gasteiger partial charge in [0.1, 0.15) is 5.75 Å². The van der Waals surface area contributed by atoms with Gasteiger partial charge in [-0.3, -0.25) is 4.90 Å². The fourth-order valence-electron chi connectivity index (χ4n) is 2.35. The van der Waals surface area contributed by atoms with Crippen molar-refractivity contribution in [3.05, 3.63) is 29.8 Å². The maximum absolute atomic E-state index is 10.2. The number of rotatable bonds is 5. The number of hydrogen-bond donors (Lipinski definition) is 1. The highest BCUT2D eigenvalue weighted by Crippen LogP contribution is 2.22. The molecule has 4 nitrogen and oxygen atoms in total. The molecule has 0 aliphatic carbocycles. The van der Waals surface area contributed by atoms with Crippen molar-refractivity contribution in [2.75, 3.05) is 33.9 Å². The number of benzene rings is 1. The summed E-state index contributed by atoms with van der Waals surface area (Å²) in [5.41, 5.74) is 0.898. The molecule has 100 valence electrons. The summed E-state index contributed by atoms with van der Waals surface area (Å²) in [4.78, 5) is 2.23. The fraction of sp³-hybridized carbons (Fsp3) is 0.571. The fourth-order valence-corrected chi connectivity index (χ4v) is 2.35. The van der Waals surface area contributed by atoms with Crippen LogP contribution in [0.5, 0.6) is 5.75 Å². The van der Waals surface area contributed by atoms with Gasteiger partial charge < -0.3 is 14.6 Å². The number of methoxy groups -OCH3 is 2. The predicted octanol–water partition coefficient (Wildman–Crippen LogP) is 1.45. The smallest absolute Gasteiger partial charge is 0.119 e. The van der Waals surface area contributed by atoms with Gasteiger partial charge in [-0.1, -0.05) is 12.1 Å². The predicted molar refractivity (Wildman–Crippen MR) is 69.8 cm³/mol. The number of likely N-dealkylation sites (tertiary alicyclic amines) is 1. The summed E-state index contributed by atoms with van der Waals surface area (Å²) < 4.78 is 10.5. The molecule has 1 aromatic rings. The lowest BCUT2D eigenvalue weighted by Crippen LogP contribution is -2.27. The molecule has 2 unspecified atom stereocenters. The third-order valence-corrected chi connectivity index (χ3v) is 3.47. The Morgan fingerprint density at radius 2 is 2.28 bits per heavy atom. The average molecular weight is 251 g/mol. The average Bonchev–Trinajstić information content (AvgIpc) is 2.86. The number of β-amino-alcohol motifs (C(OH)–C–C–N with tert-alkyl or cyclic N) is 1. The van der Waals surface area contributed by atoms with E-state index in [2.05, 4.69) is 4.90 Å². The highest BCUT2D eigenvalue weighted by atomic mass is 16.5. The van der Waals surface area contributed by atoms with Crippen LogP contribution in [-0.4, -0.2) is 50.0 Å². The second kappa shape index (κ2) is 6.18. The van der Waals surface area contributed by atoms with Gasteiger partial charge in [0.2, 0.25) is 0 Å². The van der Waals surface area contributed by atoms with Crippen LogP contribution in [0, 0.1) is 0 Å². The zero-order valence-corrected chi connectivity index (χ0v) is 11.0. The van der Waals surface area contributed by atoms with Crippen LogP contribution >= 0.6 is 0 Å². The third-order valence-electron chi connectivity index (χ3n) is 3.47. The molecule has 1 aliphatic rings. The number of aliphatic hydroxyl groups excluding tert-OH is 1. The lowest BCUT2D eigenvalue weighted by atomic mass is 10.1. The molecule has 1 aromatic carbocycles. The molecule has 1 fully saturated rings. The van der Waals surface area contributed by atoms with E-state index in [4.69, 9.17) is 9.47 Å². The quantitative estimate of drug-likeness (QED) is 0.860. The summed E-state index contributed by atoms with van der Waals surface area (Å²) >= 11 is 0. The monoisotopic (exact) mass is 251 g/mol. The number of ether oxygens (including phenoxy) is 2. The molecule has 1 aliphatic heterocycles. The topological polar surface area (TPSA) is 41.9 Å². The van der Waals surface area contributed by atoms with Crippen LogP contribution in [0.3, 0.4) is 0 Å². The zero-order chi connectivity index (χ0) is 13.0. The Labute approximate surface area is 108 Å². The van der Waals surface area contributed by atoms with Crippen molar-refractivity contribution >= 4 is 0 Å². The SMILES string of the molecule is COc1cccc(C(O)CN2CCC(OC)C2)c1. The van der Waals surface area contributed by atoms with Crippen molar-refractivity contribution in [1.82, 2.24) is 4.90 Å². The van der Waals surface area contributed by atoms with Crippen LogP contribution in [-0.2, 0) is 4.74 Å². The van der Waals surface area contributed by atoms with E-state index in [1.54, 1.807) is 14.2 Å². The maximum atomic E-state index is 10.2. The first-order valence-corrected chi connectivity index (χ1v) is 6.30. The standard InChI is InChI=1S/C14H21NO3/c1-17-12-5-3-4-11(8-12)14(16)10-15-7-6-13(9-15)18-2/h3-5,8,13-14,16H,6-7,9-10H2,1-2H3. The summed E-state index contributed by atoms with van der Waals surface area (Å²) in [5.74, 6) is 0.780. The van der Waals surface area contributed by atoms with Crippen molar-refractivity contribution in [1.29, 1.82) is 0 Å². The van der Waals surface area contributed by atoms with E-state index >= 15 is 0 Å². The van der Waals surface area contributed by atoms with E-state index in [1.165, 1.54) is 0 Å². The number of aliphatic hydroxyl groups is 1. The molecule has 1 heterocycles. The maximum Gasteiger partial charge on any atom is 0.119 e. The molecule has 0 saturated carbocycles. The van der Waals surface area contributed by atoms with E-state index in [0.717, 1.165) is 30.8 Å². The molecular weight excluding hydrogens is 230 g/mol. The van der Waals surface area contributed by atoms with Gasteiger partial charge in [0, 0.05) is 26.7 Å². The highest BCUT2D eigenvalue weighted by Gasteiger charge is 2.24. The van der Waals surface area contributed by atoms with Crippen LogP contribution < -0.4 is 4.74 Å². The first-order valence-electron chi connectivity index (χ1n) is 6.30.